The Hall–Kier alpha value is -2.61. The molecule has 0 radical (unpaired) electrons. The highest BCUT2D eigenvalue weighted by atomic mass is 127. The zero-order chi connectivity index (χ0) is 21.3. The summed E-state index contributed by atoms with van der Waals surface area (Å²) in [5.74, 6) is 2.13. The lowest BCUT2D eigenvalue weighted by atomic mass is 9.91. The highest BCUT2D eigenvalue weighted by molar-refractivity contribution is 14.0. The molecule has 1 aliphatic heterocycles. The van der Waals surface area contributed by atoms with Gasteiger partial charge in [0.2, 0.25) is 0 Å². The molecule has 0 saturated carbocycles. The summed E-state index contributed by atoms with van der Waals surface area (Å²) in [5.41, 5.74) is 3.73. The van der Waals surface area contributed by atoms with Crippen LogP contribution < -0.4 is 15.5 Å². The molecule has 1 fully saturated rings. The summed E-state index contributed by atoms with van der Waals surface area (Å²) < 4.78 is 0. The van der Waals surface area contributed by atoms with E-state index in [4.69, 9.17) is 0 Å². The van der Waals surface area contributed by atoms with Crippen LogP contribution in [-0.2, 0) is 6.54 Å². The fraction of sp³-hybridized carbons (Fsp3) is 0.308. The molecule has 2 heterocycles. The largest absolute Gasteiger partial charge is 0.357 e. The number of benzene rings is 2. The summed E-state index contributed by atoms with van der Waals surface area (Å²) >= 11 is 0. The van der Waals surface area contributed by atoms with E-state index in [0.717, 1.165) is 37.0 Å². The third kappa shape index (κ3) is 6.45. The molecule has 6 heteroatoms. The minimum atomic E-state index is 0. The molecule has 0 atom stereocenters. The lowest BCUT2D eigenvalue weighted by Crippen LogP contribution is -2.39. The maximum absolute atomic E-state index is 4.64. The van der Waals surface area contributed by atoms with Crippen molar-refractivity contribution in [2.45, 2.75) is 25.3 Å². The molecule has 1 aromatic heterocycles. The zero-order valence-electron chi connectivity index (χ0n) is 18.6. The normalized spacial score (nSPS) is 13.7. The second-order valence-corrected chi connectivity index (χ2v) is 7.90. The second-order valence-electron chi connectivity index (χ2n) is 7.90. The van der Waals surface area contributed by atoms with Gasteiger partial charge in [0.15, 0.2) is 5.96 Å². The number of rotatable bonds is 7. The van der Waals surface area contributed by atoms with Crippen molar-refractivity contribution in [1.29, 1.82) is 0 Å². The molecule has 1 saturated heterocycles. The fourth-order valence-corrected chi connectivity index (χ4v) is 4.06. The minimum Gasteiger partial charge on any atom is -0.357 e. The van der Waals surface area contributed by atoms with Gasteiger partial charge < -0.3 is 15.5 Å². The molecule has 5 nitrogen and oxygen atoms in total. The summed E-state index contributed by atoms with van der Waals surface area (Å²) in [5, 5.41) is 6.92. The first kappa shape index (κ1) is 24.0. The summed E-state index contributed by atoms with van der Waals surface area (Å²) in [6.45, 7) is 3.68. The van der Waals surface area contributed by atoms with Crippen molar-refractivity contribution in [2.75, 3.05) is 31.6 Å². The number of hydrogen-bond acceptors (Lipinski definition) is 3. The van der Waals surface area contributed by atoms with E-state index < -0.39 is 0 Å². The third-order valence-corrected chi connectivity index (χ3v) is 5.80. The Bertz CT molecular complexity index is 915. The van der Waals surface area contributed by atoms with Crippen LogP contribution in [0.5, 0.6) is 0 Å². The minimum absolute atomic E-state index is 0. The van der Waals surface area contributed by atoms with Gasteiger partial charge in [0.1, 0.15) is 5.82 Å². The first-order valence-corrected chi connectivity index (χ1v) is 11.1. The van der Waals surface area contributed by atoms with Crippen molar-refractivity contribution < 1.29 is 0 Å². The Morgan fingerprint density at radius 3 is 2.06 bits per heavy atom. The smallest absolute Gasteiger partial charge is 0.191 e. The van der Waals surface area contributed by atoms with Gasteiger partial charge in [-0.2, -0.15) is 0 Å². The Morgan fingerprint density at radius 2 is 1.53 bits per heavy atom. The average Bonchev–Trinajstić information content (AvgIpc) is 3.38. The van der Waals surface area contributed by atoms with Gasteiger partial charge in [-0.15, -0.1) is 24.0 Å². The van der Waals surface area contributed by atoms with Crippen LogP contribution in [0.3, 0.4) is 0 Å². The zero-order valence-corrected chi connectivity index (χ0v) is 20.9. The van der Waals surface area contributed by atoms with Gasteiger partial charge in [-0.3, -0.25) is 4.99 Å². The van der Waals surface area contributed by atoms with Crippen LogP contribution in [0.1, 0.15) is 35.4 Å². The van der Waals surface area contributed by atoms with E-state index in [0.29, 0.717) is 6.54 Å². The summed E-state index contributed by atoms with van der Waals surface area (Å²) in [7, 11) is 1.81. The number of hydrogen-bond donors (Lipinski definition) is 2. The van der Waals surface area contributed by atoms with E-state index >= 15 is 0 Å². The lowest BCUT2D eigenvalue weighted by molar-refractivity contribution is 0.727. The predicted octanol–water partition coefficient (Wildman–Crippen LogP) is 4.80. The number of nitrogens with zero attached hydrogens (tertiary/aromatic N) is 3. The number of guanidine groups is 1. The number of anilines is 1. The van der Waals surface area contributed by atoms with Crippen molar-refractivity contribution in [3.05, 3.63) is 95.7 Å². The fourth-order valence-electron chi connectivity index (χ4n) is 4.06. The van der Waals surface area contributed by atoms with Gasteiger partial charge >= 0.3 is 0 Å². The molecule has 0 aliphatic carbocycles. The SMILES string of the molecule is CN=C(NCc1ccc(N2CCCC2)nc1)NCC(c1ccccc1)c1ccccc1.I. The van der Waals surface area contributed by atoms with E-state index in [1.165, 1.54) is 24.0 Å². The quantitative estimate of drug-likeness (QED) is 0.257. The molecule has 0 unspecified atom stereocenters. The van der Waals surface area contributed by atoms with E-state index in [1.54, 1.807) is 0 Å². The average molecular weight is 541 g/mol. The van der Waals surface area contributed by atoms with E-state index in [2.05, 4.69) is 98.3 Å². The van der Waals surface area contributed by atoms with Gasteiger partial charge in [0.05, 0.1) is 0 Å². The number of nitrogens with one attached hydrogen (secondary N) is 2. The molecule has 168 valence electrons. The van der Waals surface area contributed by atoms with Gasteiger partial charge in [-0.1, -0.05) is 66.7 Å². The van der Waals surface area contributed by atoms with E-state index in [9.17, 15) is 0 Å². The van der Waals surface area contributed by atoms with Crippen LogP contribution in [0.2, 0.25) is 0 Å². The van der Waals surface area contributed by atoms with Crippen LogP contribution in [0.15, 0.2) is 84.0 Å². The highest BCUT2D eigenvalue weighted by Crippen LogP contribution is 2.23. The third-order valence-electron chi connectivity index (χ3n) is 5.80. The molecule has 0 amide bonds. The number of halogens is 1. The molecule has 0 bridgehead atoms. The second kappa shape index (κ2) is 12.4. The molecule has 4 rings (SSSR count). The standard InChI is InChI=1S/C26H31N5.HI/c1-27-26(29-19-21-14-15-25(28-18-21)31-16-8-9-17-31)30-20-24(22-10-4-2-5-11-22)23-12-6-3-7-13-23;/h2-7,10-15,18,24H,8-9,16-17,19-20H2,1H3,(H2,27,29,30);1H. The molecule has 32 heavy (non-hydrogen) atoms. The maximum atomic E-state index is 4.64. The topological polar surface area (TPSA) is 52.6 Å². The van der Waals surface area contributed by atoms with Gasteiger partial charge in [0, 0.05) is 45.3 Å². The Balaban J connectivity index is 0.00000289. The molecule has 2 N–H and O–H groups in total. The Morgan fingerprint density at radius 1 is 0.906 bits per heavy atom. The number of aliphatic imine (C=N–C) groups is 1. The number of aromatic nitrogens is 1. The summed E-state index contributed by atoms with van der Waals surface area (Å²) in [6, 6.07) is 25.5. The van der Waals surface area contributed by atoms with E-state index in [1.807, 2.05) is 13.2 Å². The van der Waals surface area contributed by atoms with E-state index in [-0.39, 0.29) is 29.9 Å². The van der Waals surface area contributed by atoms with Crippen LogP contribution in [0.4, 0.5) is 5.82 Å². The maximum Gasteiger partial charge on any atom is 0.191 e. The molecule has 3 aromatic rings. The first-order valence-electron chi connectivity index (χ1n) is 11.1. The molecular weight excluding hydrogens is 509 g/mol. The van der Waals surface area contributed by atoms with Crippen molar-refractivity contribution in [3.8, 4) is 0 Å². The summed E-state index contributed by atoms with van der Waals surface area (Å²) in [4.78, 5) is 11.4. The lowest BCUT2D eigenvalue weighted by Gasteiger charge is -2.21. The Labute approximate surface area is 208 Å². The van der Waals surface area contributed by atoms with Gasteiger partial charge in [-0.05, 0) is 35.6 Å². The first-order chi connectivity index (χ1) is 15.3. The highest BCUT2D eigenvalue weighted by Gasteiger charge is 2.15. The molecule has 2 aromatic carbocycles. The summed E-state index contributed by atoms with van der Waals surface area (Å²) in [6.07, 6.45) is 4.49. The molecular formula is C26H32IN5. The van der Waals surface area contributed by atoms with Crippen molar-refractivity contribution in [3.63, 3.8) is 0 Å². The molecule has 0 spiro atoms. The van der Waals surface area contributed by atoms with Crippen LogP contribution >= 0.6 is 24.0 Å². The van der Waals surface area contributed by atoms with Crippen LogP contribution in [0, 0.1) is 0 Å². The van der Waals surface area contributed by atoms with Gasteiger partial charge in [0.25, 0.3) is 0 Å². The van der Waals surface area contributed by atoms with Crippen LogP contribution in [-0.4, -0.2) is 37.6 Å². The van der Waals surface area contributed by atoms with Crippen LogP contribution in [0.25, 0.3) is 0 Å². The monoisotopic (exact) mass is 541 g/mol. The number of pyridine rings is 1. The van der Waals surface area contributed by atoms with Crippen molar-refractivity contribution in [2.24, 2.45) is 4.99 Å². The molecule has 1 aliphatic rings. The van der Waals surface area contributed by atoms with Crippen molar-refractivity contribution >= 4 is 35.8 Å². The predicted molar refractivity (Wildman–Crippen MR) is 144 cm³/mol. The van der Waals surface area contributed by atoms with Crippen molar-refractivity contribution in [1.82, 2.24) is 15.6 Å². The van der Waals surface area contributed by atoms with Gasteiger partial charge in [-0.25, -0.2) is 4.98 Å². The Kier molecular flexibility index (Phi) is 9.34.